The quantitative estimate of drug-likeness (QED) is 0.0905. The third-order valence-corrected chi connectivity index (χ3v) is 5.34. The highest BCUT2D eigenvalue weighted by Gasteiger charge is 2.40. The summed E-state index contributed by atoms with van der Waals surface area (Å²) in [6.07, 6.45) is 3.26. The number of carboxylic acids is 1. The second kappa shape index (κ2) is 20.8. The summed E-state index contributed by atoms with van der Waals surface area (Å²) < 4.78 is 36.7. The van der Waals surface area contributed by atoms with Crippen molar-refractivity contribution in [3.05, 3.63) is 63.3 Å². The molecule has 15 heteroatoms. The lowest BCUT2D eigenvalue weighted by Gasteiger charge is -2.35. The van der Waals surface area contributed by atoms with E-state index in [1.165, 1.54) is 0 Å². The van der Waals surface area contributed by atoms with Crippen molar-refractivity contribution in [1.82, 2.24) is 0 Å². The van der Waals surface area contributed by atoms with Gasteiger partial charge in [0.05, 0.1) is 36.9 Å². The van der Waals surface area contributed by atoms with Gasteiger partial charge in [-0.2, -0.15) is 0 Å². The summed E-state index contributed by atoms with van der Waals surface area (Å²) in [6, 6.07) is 0. The van der Waals surface area contributed by atoms with Crippen LogP contribution in [-0.2, 0) is 66.7 Å². The van der Waals surface area contributed by atoms with Gasteiger partial charge in [0.15, 0.2) is 0 Å². The molecule has 0 saturated carbocycles. The van der Waals surface area contributed by atoms with E-state index >= 15 is 0 Å². The maximum absolute atomic E-state index is 12.2. The van der Waals surface area contributed by atoms with E-state index in [2.05, 4.69) is 32.9 Å². The Hall–Kier alpha value is -5.05. The van der Waals surface area contributed by atoms with Gasteiger partial charge in [-0.1, -0.05) is 32.9 Å². The molecule has 0 amide bonds. The monoisotopic (exact) mass is 624 g/mol. The highest BCUT2D eigenvalue weighted by molar-refractivity contribution is 5.83. The Kier molecular flexibility index (Phi) is 18.4. The van der Waals surface area contributed by atoms with Crippen molar-refractivity contribution in [2.45, 2.75) is 12.8 Å². The first kappa shape index (κ1) is 39.0. The predicted octanol–water partition coefficient (Wildman–Crippen LogP) is 1.03. The highest BCUT2D eigenvalue weighted by atomic mass is 16.6. The number of ether oxygens (including phenoxy) is 7. The van der Waals surface area contributed by atoms with Gasteiger partial charge in [-0.25, -0.2) is 24.0 Å². The number of esters is 6. The number of carboxylic acid groups (broad SMARTS) is 1. The minimum Gasteiger partial charge on any atom is -0.481 e. The van der Waals surface area contributed by atoms with E-state index in [0.717, 1.165) is 30.4 Å². The van der Waals surface area contributed by atoms with Crippen molar-refractivity contribution >= 4 is 41.8 Å². The number of aliphatic carboxylic acids is 1. The maximum atomic E-state index is 12.2. The Labute approximate surface area is 253 Å². The van der Waals surface area contributed by atoms with Crippen molar-refractivity contribution in [2.24, 2.45) is 10.8 Å². The standard InChI is InChI=1S/C29H36O15/c1-6-22(32)39-15-28(16-40-23(33)7-2,17-41-24(34)8-3)13-38-14-29(18-42-25(35)9-4,19-43-26(36)10-5)20-44-27(37)12-11-21(30)31/h6-10H,1-5,11-20H2,(H,30,31). The topological polar surface area (TPSA) is 204 Å². The van der Waals surface area contributed by atoms with Gasteiger partial charge >= 0.3 is 41.8 Å². The number of rotatable bonds is 24. The molecular weight excluding hydrogens is 588 g/mol. The average molecular weight is 625 g/mol. The molecule has 0 fully saturated rings. The first-order valence-electron chi connectivity index (χ1n) is 12.7. The molecule has 0 rings (SSSR count). The lowest BCUT2D eigenvalue weighted by molar-refractivity contribution is -0.171. The molecule has 0 aromatic rings. The molecule has 0 aliphatic carbocycles. The van der Waals surface area contributed by atoms with Crippen LogP contribution in [0.1, 0.15) is 12.8 Å². The van der Waals surface area contributed by atoms with Crippen molar-refractivity contribution in [2.75, 3.05) is 52.9 Å². The fraction of sp³-hybridized carbons (Fsp3) is 0.414. The number of carbonyl (C=O) groups is 7. The van der Waals surface area contributed by atoms with Crippen LogP contribution in [0.25, 0.3) is 0 Å². The van der Waals surface area contributed by atoms with Crippen LogP contribution in [0.3, 0.4) is 0 Å². The molecular formula is C29H36O15. The van der Waals surface area contributed by atoms with Crippen LogP contribution in [0.2, 0.25) is 0 Å². The van der Waals surface area contributed by atoms with E-state index in [4.69, 9.17) is 38.3 Å². The van der Waals surface area contributed by atoms with E-state index in [1.807, 2.05) is 0 Å². The van der Waals surface area contributed by atoms with Crippen molar-refractivity contribution in [1.29, 1.82) is 0 Å². The van der Waals surface area contributed by atoms with Crippen LogP contribution in [0, 0.1) is 10.8 Å². The predicted molar refractivity (Wildman–Crippen MR) is 149 cm³/mol. The molecule has 0 heterocycles. The average Bonchev–Trinajstić information content (AvgIpc) is 3.03. The second-order valence-corrected chi connectivity index (χ2v) is 9.11. The lowest BCUT2D eigenvalue weighted by Crippen LogP contribution is -2.47. The summed E-state index contributed by atoms with van der Waals surface area (Å²) in [4.78, 5) is 82.4. The zero-order chi connectivity index (χ0) is 33.6. The molecule has 0 radical (unpaired) electrons. The van der Waals surface area contributed by atoms with Gasteiger partial charge in [0.25, 0.3) is 0 Å². The van der Waals surface area contributed by atoms with Gasteiger partial charge in [0, 0.05) is 30.4 Å². The van der Waals surface area contributed by atoms with Crippen LogP contribution in [0.4, 0.5) is 0 Å². The van der Waals surface area contributed by atoms with Crippen LogP contribution < -0.4 is 0 Å². The Balaban J connectivity index is 6.37. The van der Waals surface area contributed by atoms with Crippen molar-refractivity contribution in [3.63, 3.8) is 0 Å². The van der Waals surface area contributed by atoms with Gasteiger partial charge < -0.3 is 38.3 Å². The van der Waals surface area contributed by atoms with E-state index in [9.17, 15) is 33.6 Å². The summed E-state index contributed by atoms with van der Waals surface area (Å²) in [5, 5.41) is 8.84. The molecule has 1 N–H and O–H groups in total. The van der Waals surface area contributed by atoms with Gasteiger partial charge in [-0.3, -0.25) is 9.59 Å². The Bertz CT molecular complexity index is 1020. The molecule has 0 unspecified atom stereocenters. The number of hydrogen-bond acceptors (Lipinski definition) is 14. The Morgan fingerprint density at radius 3 is 0.977 bits per heavy atom. The van der Waals surface area contributed by atoms with E-state index in [1.54, 1.807) is 0 Å². The molecule has 0 aromatic carbocycles. The summed E-state index contributed by atoms with van der Waals surface area (Å²) in [6.45, 7) is 12.2. The molecule has 0 aliphatic heterocycles. The molecule has 0 aliphatic rings. The maximum Gasteiger partial charge on any atom is 0.330 e. The zero-order valence-corrected chi connectivity index (χ0v) is 24.2. The Morgan fingerprint density at radius 1 is 0.455 bits per heavy atom. The summed E-state index contributed by atoms with van der Waals surface area (Å²) in [7, 11) is 0. The van der Waals surface area contributed by atoms with Gasteiger partial charge in [0.1, 0.15) is 39.6 Å². The van der Waals surface area contributed by atoms with Crippen molar-refractivity contribution in [3.8, 4) is 0 Å². The largest absolute Gasteiger partial charge is 0.481 e. The highest BCUT2D eigenvalue weighted by Crippen LogP contribution is 2.26. The fourth-order valence-electron chi connectivity index (χ4n) is 2.91. The van der Waals surface area contributed by atoms with Gasteiger partial charge in [-0.15, -0.1) is 0 Å². The Morgan fingerprint density at radius 2 is 0.727 bits per heavy atom. The molecule has 0 bridgehead atoms. The summed E-state index contributed by atoms with van der Waals surface area (Å²) in [5.74, 6) is -6.56. The van der Waals surface area contributed by atoms with Gasteiger partial charge in [0.2, 0.25) is 0 Å². The SMILES string of the molecule is C=CC(=O)OCC(COCC(COC(=O)C=C)(COC(=O)C=C)COC(=O)CCC(=O)O)(COC(=O)C=C)COC(=O)C=C. The minimum atomic E-state index is -1.60. The molecule has 0 spiro atoms. The first-order valence-corrected chi connectivity index (χ1v) is 12.7. The molecule has 242 valence electrons. The van der Waals surface area contributed by atoms with E-state index < -0.39 is 118 Å². The van der Waals surface area contributed by atoms with Crippen LogP contribution in [0.15, 0.2) is 63.3 Å². The molecule has 0 aromatic heterocycles. The van der Waals surface area contributed by atoms with Crippen LogP contribution in [-0.4, -0.2) is 99.7 Å². The number of hydrogen-bond donors (Lipinski definition) is 1. The second-order valence-electron chi connectivity index (χ2n) is 9.11. The third-order valence-electron chi connectivity index (χ3n) is 5.34. The zero-order valence-electron chi connectivity index (χ0n) is 24.2. The van der Waals surface area contributed by atoms with Crippen molar-refractivity contribution < 1.29 is 71.8 Å². The third kappa shape index (κ3) is 16.4. The lowest BCUT2D eigenvalue weighted by atomic mass is 9.90. The summed E-state index contributed by atoms with van der Waals surface area (Å²) in [5.41, 5.74) is -3.15. The first-order chi connectivity index (χ1) is 20.8. The molecule has 44 heavy (non-hydrogen) atoms. The summed E-state index contributed by atoms with van der Waals surface area (Å²) >= 11 is 0. The van der Waals surface area contributed by atoms with Gasteiger partial charge in [-0.05, 0) is 0 Å². The smallest absolute Gasteiger partial charge is 0.330 e. The molecule has 0 atom stereocenters. The normalized spacial score (nSPS) is 10.6. The van der Waals surface area contributed by atoms with Crippen LogP contribution in [0.5, 0.6) is 0 Å². The molecule has 15 nitrogen and oxygen atoms in total. The van der Waals surface area contributed by atoms with E-state index in [0.29, 0.717) is 0 Å². The minimum absolute atomic E-state index is 0.480. The van der Waals surface area contributed by atoms with Crippen LogP contribution >= 0.6 is 0 Å². The fourth-order valence-corrected chi connectivity index (χ4v) is 2.91. The number of carbonyl (C=O) groups excluding carboxylic acids is 6. The molecule has 0 saturated heterocycles. The van der Waals surface area contributed by atoms with E-state index in [-0.39, 0.29) is 0 Å².